The molecule has 1 aliphatic heterocycles. The Morgan fingerprint density at radius 2 is 1.68 bits per heavy atom. The molecule has 1 aromatic carbocycles. The van der Waals surface area contributed by atoms with E-state index in [4.69, 9.17) is 14.2 Å². The van der Waals surface area contributed by atoms with Crippen LogP contribution in [-0.4, -0.2) is 63.1 Å². The number of fused-ring (bicyclic) bond motifs is 3. The highest BCUT2D eigenvalue weighted by molar-refractivity contribution is 7.84. The average molecular weight is 543 g/mol. The Bertz CT molecular complexity index is 1340. The van der Waals surface area contributed by atoms with Gasteiger partial charge in [-0.1, -0.05) is 18.2 Å². The average Bonchev–Trinajstić information content (AvgIpc) is 3.15. The molecule has 3 atom stereocenters. The van der Waals surface area contributed by atoms with E-state index in [0.29, 0.717) is 35.5 Å². The lowest BCUT2D eigenvalue weighted by Gasteiger charge is -2.39. The zero-order valence-corrected chi connectivity index (χ0v) is 24.3. The zero-order chi connectivity index (χ0) is 28.0. The Balaban J connectivity index is 1.97. The summed E-state index contributed by atoms with van der Waals surface area (Å²) in [6, 6.07) is 4.89. The molecule has 1 amide bonds. The van der Waals surface area contributed by atoms with E-state index in [2.05, 4.69) is 6.08 Å². The monoisotopic (exact) mass is 542 g/mol. The second-order valence-electron chi connectivity index (χ2n) is 11.7. The van der Waals surface area contributed by atoms with Crippen LogP contribution in [0.5, 0.6) is 0 Å². The van der Waals surface area contributed by atoms with Crippen molar-refractivity contribution < 1.29 is 28.0 Å². The van der Waals surface area contributed by atoms with Crippen LogP contribution in [0.25, 0.3) is 10.9 Å². The van der Waals surface area contributed by atoms with E-state index < -0.39 is 40.2 Å². The number of amides is 1. The number of rotatable bonds is 3. The van der Waals surface area contributed by atoms with Gasteiger partial charge in [0.15, 0.2) is 0 Å². The fraction of sp³-hybridized carbons (Fsp3) is 0.517. The quantitative estimate of drug-likeness (QED) is 0.480. The number of hydrogen-bond donors (Lipinski definition) is 0. The SMILES string of the molecule is COC1C=CC(C2c3c(c4cc(S(C)=O)ccc4n3C(=O)OC(C)(C)C)CCN2C(=O)OC(C)(C)C)=CC1. The van der Waals surface area contributed by atoms with Crippen molar-refractivity contribution in [3.05, 3.63) is 53.3 Å². The third kappa shape index (κ3) is 5.73. The molecular formula is C29H38N2O6S. The number of nitrogens with zero attached hydrogens (tertiary/aromatic N) is 2. The second kappa shape index (κ2) is 10.3. The van der Waals surface area contributed by atoms with Crippen LogP contribution in [0.4, 0.5) is 9.59 Å². The Labute approximate surface area is 227 Å². The van der Waals surface area contributed by atoms with Gasteiger partial charge in [-0.25, -0.2) is 14.2 Å². The van der Waals surface area contributed by atoms with Crippen LogP contribution in [0.2, 0.25) is 0 Å². The number of carbonyl (C=O) groups excluding carboxylic acids is 2. The number of ether oxygens (including phenoxy) is 3. The number of carbonyl (C=O) groups is 2. The first-order valence-electron chi connectivity index (χ1n) is 12.8. The fourth-order valence-electron chi connectivity index (χ4n) is 4.95. The van der Waals surface area contributed by atoms with Gasteiger partial charge in [0, 0.05) is 41.0 Å². The van der Waals surface area contributed by atoms with E-state index >= 15 is 0 Å². The van der Waals surface area contributed by atoms with Gasteiger partial charge in [-0.05, 0) is 83.7 Å². The van der Waals surface area contributed by atoms with Gasteiger partial charge in [0.1, 0.15) is 17.2 Å². The fourth-order valence-corrected chi connectivity index (χ4v) is 5.49. The third-order valence-electron chi connectivity index (χ3n) is 6.50. The lowest BCUT2D eigenvalue weighted by Crippen LogP contribution is -2.45. The minimum atomic E-state index is -1.19. The van der Waals surface area contributed by atoms with E-state index in [1.54, 1.807) is 28.9 Å². The molecule has 1 aliphatic carbocycles. The molecule has 2 heterocycles. The Morgan fingerprint density at radius 1 is 1.03 bits per heavy atom. The van der Waals surface area contributed by atoms with Crippen LogP contribution in [0, 0.1) is 0 Å². The van der Waals surface area contributed by atoms with Gasteiger partial charge in [-0.15, -0.1) is 0 Å². The Hall–Kier alpha value is -2.91. The molecule has 9 heteroatoms. The molecule has 0 radical (unpaired) electrons. The third-order valence-corrected chi connectivity index (χ3v) is 7.42. The molecule has 38 heavy (non-hydrogen) atoms. The summed E-state index contributed by atoms with van der Waals surface area (Å²) in [5, 5.41) is 0.836. The molecule has 4 rings (SSSR count). The summed E-state index contributed by atoms with van der Waals surface area (Å²) in [6.07, 6.45) is 7.72. The van der Waals surface area contributed by atoms with E-state index in [0.717, 1.165) is 16.5 Å². The lowest BCUT2D eigenvalue weighted by atomic mass is 9.89. The predicted octanol–water partition coefficient (Wildman–Crippen LogP) is 5.90. The highest BCUT2D eigenvalue weighted by Crippen LogP contribution is 2.43. The van der Waals surface area contributed by atoms with Gasteiger partial charge >= 0.3 is 12.2 Å². The van der Waals surface area contributed by atoms with Crippen molar-refractivity contribution in [2.75, 3.05) is 19.9 Å². The van der Waals surface area contributed by atoms with Crippen molar-refractivity contribution in [2.24, 2.45) is 0 Å². The van der Waals surface area contributed by atoms with Crippen LogP contribution in [-0.2, 0) is 31.4 Å². The minimum absolute atomic E-state index is 0.0596. The van der Waals surface area contributed by atoms with Crippen LogP contribution >= 0.6 is 0 Å². The second-order valence-corrected chi connectivity index (χ2v) is 13.1. The predicted molar refractivity (Wildman–Crippen MR) is 148 cm³/mol. The molecule has 0 saturated carbocycles. The molecule has 2 aromatic rings. The summed E-state index contributed by atoms with van der Waals surface area (Å²) in [6.45, 7) is 11.4. The van der Waals surface area contributed by atoms with E-state index in [9.17, 15) is 13.8 Å². The Kier molecular flexibility index (Phi) is 7.65. The van der Waals surface area contributed by atoms with Crippen LogP contribution in [0.15, 0.2) is 46.9 Å². The molecular weight excluding hydrogens is 504 g/mol. The van der Waals surface area contributed by atoms with Crippen molar-refractivity contribution in [3.63, 3.8) is 0 Å². The number of benzene rings is 1. The maximum absolute atomic E-state index is 13.7. The van der Waals surface area contributed by atoms with Crippen molar-refractivity contribution in [1.82, 2.24) is 9.47 Å². The van der Waals surface area contributed by atoms with Crippen molar-refractivity contribution in [3.8, 4) is 0 Å². The number of methoxy groups -OCH3 is 1. The van der Waals surface area contributed by atoms with Crippen molar-refractivity contribution >= 4 is 33.9 Å². The summed E-state index contributed by atoms with van der Waals surface area (Å²) < 4.78 is 31.1. The largest absolute Gasteiger partial charge is 0.444 e. The van der Waals surface area contributed by atoms with Gasteiger partial charge < -0.3 is 14.2 Å². The van der Waals surface area contributed by atoms with Gasteiger partial charge in [-0.2, -0.15) is 0 Å². The maximum Gasteiger partial charge on any atom is 0.419 e. The van der Waals surface area contributed by atoms with E-state index in [1.165, 1.54) is 0 Å². The van der Waals surface area contributed by atoms with Crippen LogP contribution < -0.4 is 0 Å². The first kappa shape index (κ1) is 28.1. The topological polar surface area (TPSA) is 87.1 Å². The standard InChI is InChI=1S/C29H38N2O6S/c1-28(2,3)36-26(32)30-16-15-21-22-17-20(38(8)34)13-14-23(22)31(27(33)37-29(4,5)6)25(21)24(30)18-9-11-19(35-7)12-10-18/h9-11,13-14,17,19,24H,12,15-16H2,1-8H3. The van der Waals surface area contributed by atoms with Gasteiger partial charge in [0.2, 0.25) is 0 Å². The van der Waals surface area contributed by atoms with Crippen LogP contribution in [0.3, 0.4) is 0 Å². The van der Waals surface area contributed by atoms with E-state index in [1.807, 2.05) is 65.8 Å². The molecule has 8 nitrogen and oxygen atoms in total. The molecule has 2 aliphatic rings. The number of hydrogen-bond acceptors (Lipinski definition) is 6. The molecule has 0 spiro atoms. The first-order valence-corrected chi connectivity index (χ1v) is 14.4. The summed E-state index contributed by atoms with van der Waals surface area (Å²) in [5.74, 6) is 0. The summed E-state index contributed by atoms with van der Waals surface area (Å²) in [7, 11) is 0.468. The highest BCUT2D eigenvalue weighted by atomic mass is 32.2. The molecule has 0 bridgehead atoms. The number of aromatic nitrogens is 1. The maximum atomic E-state index is 13.7. The van der Waals surface area contributed by atoms with Crippen LogP contribution in [0.1, 0.15) is 65.3 Å². The minimum Gasteiger partial charge on any atom is -0.444 e. The molecule has 1 aromatic heterocycles. The molecule has 0 N–H and O–H groups in total. The van der Waals surface area contributed by atoms with E-state index in [-0.39, 0.29) is 6.10 Å². The lowest BCUT2D eigenvalue weighted by molar-refractivity contribution is 0.0162. The van der Waals surface area contributed by atoms with Crippen molar-refractivity contribution in [2.45, 2.75) is 82.6 Å². The molecule has 0 fully saturated rings. The van der Waals surface area contributed by atoms with Gasteiger partial charge in [0.25, 0.3) is 0 Å². The zero-order valence-electron chi connectivity index (χ0n) is 23.5. The summed E-state index contributed by atoms with van der Waals surface area (Å²) >= 11 is 0. The first-order chi connectivity index (χ1) is 17.7. The summed E-state index contributed by atoms with van der Waals surface area (Å²) in [5.41, 5.74) is 1.72. The molecule has 206 valence electrons. The van der Waals surface area contributed by atoms with Crippen molar-refractivity contribution in [1.29, 1.82) is 0 Å². The molecule has 3 unspecified atom stereocenters. The normalized spacial score (nSPS) is 20.6. The smallest absolute Gasteiger partial charge is 0.419 e. The summed E-state index contributed by atoms with van der Waals surface area (Å²) in [4.78, 5) is 29.6. The molecule has 0 saturated heterocycles. The van der Waals surface area contributed by atoms with Gasteiger partial charge in [-0.3, -0.25) is 9.11 Å². The highest BCUT2D eigenvalue weighted by Gasteiger charge is 2.41. The van der Waals surface area contributed by atoms with Gasteiger partial charge in [0.05, 0.1) is 17.3 Å². The Morgan fingerprint density at radius 3 is 2.24 bits per heavy atom.